The molecule has 0 unspecified atom stereocenters. The highest BCUT2D eigenvalue weighted by Crippen LogP contribution is 2.44. The average molecular weight is 798 g/mol. The highest BCUT2D eigenvalue weighted by atomic mass is 16.3. The quantitative estimate of drug-likeness (QED) is 0.153. The van der Waals surface area contributed by atoms with E-state index in [1.165, 1.54) is 22.3 Å². The predicted molar refractivity (Wildman–Crippen MR) is 251 cm³/mol. The summed E-state index contributed by atoms with van der Waals surface area (Å²) in [6.45, 7) is 4.17. The summed E-state index contributed by atoms with van der Waals surface area (Å²) in [6, 6.07) is 63.2. The van der Waals surface area contributed by atoms with E-state index in [9.17, 15) is 5.26 Å². The van der Waals surface area contributed by atoms with E-state index in [-0.39, 0.29) is 0 Å². The van der Waals surface area contributed by atoms with E-state index in [0.29, 0.717) is 23.0 Å². The van der Waals surface area contributed by atoms with Gasteiger partial charge < -0.3 is 8.98 Å². The largest absolute Gasteiger partial charge is 0.455 e. The molecule has 294 valence electrons. The number of furan rings is 1. The van der Waals surface area contributed by atoms with Crippen molar-refractivity contribution in [3.05, 3.63) is 204 Å². The molecule has 8 aromatic carbocycles. The van der Waals surface area contributed by atoms with Gasteiger partial charge in [-0.2, -0.15) is 5.26 Å². The van der Waals surface area contributed by atoms with E-state index in [1.807, 2.05) is 79.7 Å². The van der Waals surface area contributed by atoms with E-state index in [2.05, 4.69) is 121 Å². The van der Waals surface area contributed by atoms with Crippen LogP contribution in [0, 0.1) is 25.2 Å². The van der Waals surface area contributed by atoms with Crippen molar-refractivity contribution in [1.29, 1.82) is 5.26 Å². The van der Waals surface area contributed by atoms with Gasteiger partial charge in [0.2, 0.25) is 0 Å². The Hall–Kier alpha value is -8.14. The van der Waals surface area contributed by atoms with Crippen LogP contribution in [0.25, 0.3) is 94.7 Å². The van der Waals surface area contributed by atoms with Crippen molar-refractivity contribution >= 4 is 43.7 Å². The molecular weight excluding hydrogens is 759 g/mol. The van der Waals surface area contributed by atoms with Crippen LogP contribution in [0.2, 0.25) is 0 Å². The van der Waals surface area contributed by atoms with Gasteiger partial charge in [-0.05, 0) is 90.9 Å². The maximum Gasteiger partial charge on any atom is 0.164 e. The molecule has 0 spiro atoms. The van der Waals surface area contributed by atoms with E-state index in [0.717, 1.165) is 90.1 Å². The number of para-hydroxylation sites is 1. The van der Waals surface area contributed by atoms with Crippen LogP contribution in [0.1, 0.15) is 27.8 Å². The highest BCUT2D eigenvalue weighted by molar-refractivity contribution is 6.25. The Balaban J connectivity index is 0.950. The summed E-state index contributed by atoms with van der Waals surface area (Å²) in [5.41, 5.74) is 15.4. The van der Waals surface area contributed by atoms with E-state index in [4.69, 9.17) is 19.4 Å². The molecule has 0 N–H and O–H groups in total. The third-order valence-corrected chi connectivity index (χ3v) is 12.1. The SMILES string of the molecule is Cc1cc(-n2c3ccccc3c3c4oc5c(-c6ccccc6CCc6ccc(-c7nc(-c8ccccc8)nc(-c8ccccc8)n7)cc6)c(C)ccc5c4ccc32)ccc1C#N. The van der Waals surface area contributed by atoms with Crippen LogP contribution in [-0.4, -0.2) is 19.5 Å². The molecule has 3 heterocycles. The normalized spacial score (nSPS) is 11.5. The van der Waals surface area contributed by atoms with Gasteiger partial charge in [0, 0.05) is 44.1 Å². The van der Waals surface area contributed by atoms with Crippen LogP contribution in [-0.2, 0) is 12.8 Å². The topological polar surface area (TPSA) is 80.5 Å². The molecule has 0 aliphatic rings. The van der Waals surface area contributed by atoms with E-state index >= 15 is 0 Å². The third kappa shape index (κ3) is 6.31. The molecule has 0 fully saturated rings. The second-order valence-corrected chi connectivity index (χ2v) is 15.9. The molecule has 6 nitrogen and oxygen atoms in total. The van der Waals surface area contributed by atoms with Gasteiger partial charge in [0.05, 0.1) is 28.1 Å². The van der Waals surface area contributed by atoms with Crippen molar-refractivity contribution < 1.29 is 4.42 Å². The van der Waals surface area contributed by atoms with Gasteiger partial charge >= 0.3 is 0 Å². The summed E-state index contributed by atoms with van der Waals surface area (Å²) in [5.74, 6) is 1.95. The predicted octanol–water partition coefficient (Wildman–Crippen LogP) is 13.8. The molecule has 0 aliphatic carbocycles. The molecule has 0 atom stereocenters. The first kappa shape index (κ1) is 36.9. The minimum absolute atomic E-state index is 0.648. The molecule has 0 saturated carbocycles. The van der Waals surface area contributed by atoms with Crippen LogP contribution in [0.15, 0.2) is 180 Å². The van der Waals surface area contributed by atoms with Crippen molar-refractivity contribution in [2.24, 2.45) is 0 Å². The number of hydrogen-bond donors (Lipinski definition) is 0. The summed E-state index contributed by atoms with van der Waals surface area (Å²) in [5, 5.41) is 14.0. The van der Waals surface area contributed by atoms with Crippen LogP contribution < -0.4 is 0 Å². The zero-order chi connectivity index (χ0) is 41.7. The van der Waals surface area contributed by atoms with Crippen molar-refractivity contribution in [2.75, 3.05) is 0 Å². The van der Waals surface area contributed by atoms with Gasteiger partial charge in [-0.15, -0.1) is 0 Å². The number of nitriles is 1. The first-order valence-electron chi connectivity index (χ1n) is 21.0. The lowest BCUT2D eigenvalue weighted by molar-refractivity contribution is 0.673. The lowest BCUT2D eigenvalue weighted by Crippen LogP contribution is -2.00. The molecule has 3 aromatic heterocycles. The monoisotopic (exact) mass is 797 g/mol. The molecule has 11 rings (SSSR count). The fraction of sp³-hybridized carbons (Fsp3) is 0.0714. The molecule has 0 radical (unpaired) electrons. The maximum absolute atomic E-state index is 9.64. The Morgan fingerprint density at radius 1 is 0.516 bits per heavy atom. The minimum Gasteiger partial charge on any atom is -0.455 e. The van der Waals surface area contributed by atoms with Crippen molar-refractivity contribution in [3.8, 4) is 57.0 Å². The molecule has 11 aromatic rings. The fourth-order valence-electron chi connectivity index (χ4n) is 8.99. The highest BCUT2D eigenvalue weighted by Gasteiger charge is 2.22. The average Bonchev–Trinajstić information content (AvgIpc) is 3.87. The first-order valence-corrected chi connectivity index (χ1v) is 21.0. The second-order valence-electron chi connectivity index (χ2n) is 15.9. The number of hydrogen-bond acceptors (Lipinski definition) is 5. The smallest absolute Gasteiger partial charge is 0.164 e. The summed E-state index contributed by atoms with van der Waals surface area (Å²) in [7, 11) is 0. The standard InChI is InChI=1S/C56H39N5O/c1-35-21-30-45-46-31-32-49-51(47-19-11-12-20-48(47)61(49)43-29-28-42(34-57)36(2)33-43)53(46)62-52(45)50(35)44-18-10-9-13-38(44)25-22-37-23-26-41(27-24-37)56-59-54(39-14-5-3-6-15-39)58-55(60-56)40-16-7-4-8-17-40/h3-21,23-24,26-33H,22,25H2,1-2H3. The number of aromatic nitrogens is 4. The number of nitrogens with zero attached hydrogens (tertiary/aromatic N) is 5. The molecule has 62 heavy (non-hydrogen) atoms. The minimum atomic E-state index is 0.648. The first-order chi connectivity index (χ1) is 30.5. The summed E-state index contributed by atoms with van der Waals surface area (Å²) < 4.78 is 9.41. The Morgan fingerprint density at radius 2 is 1.13 bits per heavy atom. The van der Waals surface area contributed by atoms with Gasteiger partial charge in [0.25, 0.3) is 0 Å². The second kappa shape index (κ2) is 15.2. The van der Waals surface area contributed by atoms with E-state index < -0.39 is 0 Å². The number of rotatable bonds is 8. The lowest BCUT2D eigenvalue weighted by atomic mass is 9.91. The summed E-state index contributed by atoms with van der Waals surface area (Å²) in [6.07, 6.45) is 1.72. The number of benzene rings is 8. The van der Waals surface area contributed by atoms with Crippen LogP contribution >= 0.6 is 0 Å². The lowest BCUT2D eigenvalue weighted by Gasteiger charge is -2.13. The van der Waals surface area contributed by atoms with Crippen molar-refractivity contribution in [1.82, 2.24) is 19.5 Å². The Bertz CT molecular complexity index is 3480. The molecular formula is C56H39N5O. The molecule has 0 aliphatic heterocycles. The Morgan fingerprint density at radius 3 is 1.82 bits per heavy atom. The zero-order valence-electron chi connectivity index (χ0n) is 34.3. The van der Waals surface area contributed by atoms with Crippen LogP contribution in [0.3, 0.4) is 0 Å². The van der Waals surface area contributed by atoms with Gasteiger partial charge in [0.1, 0.15) is 11.2 Å². The van der Waals surface area contributed by atoms with Crippen LogP contribution in [0.5, 0.6) is 0 Å². The fourth-order valence-corrected chi connectivity index (χ4v) is 8.99. The van der Waals surface area contributed by atoms with E-state index in [1.54, 1.807) is 0 Å². The maximum atomic E-state index is 9.64. The summed E-state index contributed by atoms with van der Waals surface area (Å²) >= 11 is 0. The zero-order valence-corrected chi connectivity index (χ0v) is 34.3. The van der Waals surface area contributed by atoms with Gasteiger partial charge in [-0.25, -0.2) is 15.0 Å². The Kier molecular flexibility index (Phi) is 9.02. The van der Waals surface area contributed by atoms with Gasteiger partial charge in [-0.1, -0.05) is 140 Å². The number of fused-ring (bicyclic) bond motifs is 7. The van der Waals surface area contributed by atoms with Gasteiger partial charge in [-0.3, -0.25) is 0 Å². The number of aryl methyl sites for hydroxylation is 4. The van der Waals surface area contributed by atoms with Crippen molar-refractivity contribution in [2.45, 2.75) is 26.7 Å². The molecule has 6 heteroatoms. The molecule has 0 amide bonds. The molecule has 0 saturated heterocycles. The summed E-state index contributed by atoms with van der Waals surface area (Å²) in [4.78, 5) is 14.7. The van der Waals surface area contributed by atoms with Crippen molar-refractivity contribution in [3.63, 3.8) is 0 Å². The third-order valence-electron chi connectivity index (χ3n) is 12.1. The van der Waals surface area contributed by atoms with Gasteiger partial charge in [0.15, 0.2) is 17.5 Å². The Labute approximate surface area is 359 Å². The molecule has 0 bridgehead atoms. The van der Waals surface area contributed by atoms with Crippen LogP contribution in [0.4, 0.5) is 0 Å².